The second-order valence-electron chi connectivity index (χ2n) is 4.74. The average molecular weight is 393 g/mol. The van der Waals surface area contributed by atoms with E-state index >= 15 is 0 Å². The molecule has 3 rings (SSSR count). The molecule has 0 saturated carbocycles. The first kappa shape index (κ1) is 17.6. The van der Waals surface area contributed by atoms with Crippen molar-refractivity contribution >= 4 is 46.2 Å². The van der Waals surface area contributed by atoms with Crippen LogP contribution in [-0.4, -0.2) is 22.6 Å². The first-order valence-electron chi connectivity index (χ1n) is 7.09. The van der Waals surface area contributed by atoms with Crippen molar-refractivity contribution in [2.45, 2.75) is 4.90 Å². The highest BCUT2D eigenvalue weighted by molar-refractivity contribution is 8.00. The number of carbonyl (C=O) groups excluding carboxylic acids is 2. The molecule has 0 fully saturated rings. The number of nitrogens with one attached hydrogen (secondary N) is 2. The number of thioether (sulfide) groups is 1. The number of hydrogen-bond donors (Lipinski definition) is 2. The fraction of sp³-hybridized carbons (Fsp3) is 0.0625. The number of carbonyl (C=O) groups is 2. The molecular formula is C16H12FN3O2S3. The Morgan fingerprint density at radius 1 is 1.12 bits per heavy atom. The van der Waals surface area contributed by atoms with Crippen LogP contribution in [0.3, 0.4) is 0 Å². The Morgan fingerprint density at radius 3 is 2.72 bits per heavy atom. The number of hydrogen-bond acceptors (Lipinski definition) is 6. The van der Waals surface area contributed by atoms with Crippen LogP contribution in [-0.2, 0) is 4.79 Å². The van der Waals surface area contributed by atoms with Gasteiger partial charge in [-0.1, -0.05) is 18.2 Å². The zero-order valence-electron chi connectivity index (χ0n) is 12.7. The quantitative estimate of drug-likeness (QED) is 0.514. The molecule has 2 heterocycles. The van der Waals surface area contributed by atoms with Gasteiger partial charge >= 0.3 is 0 Å². The molecule has 9 heteroatoms. The number of halogens is 1. The predicted molar refractivity (Wildman–Crippen MR) is 98.2 cm³/mol. The minimum absolute atomic E-state index is 0.0152. The molecule has 2 N–H and O–H groups in total. The molecule has 25 heavy (non-hydrogen) atoms. The number of thiazole rings is 1. The summed E-state index contributed by atoms with van der Waals surface area (Å²) in [4.78, 5) is 29.4. The summed E-state index contributed by atoms with van der Waals surface area (Å²) in [5, 5.41) is 4.32. The number of amides is 2. The van der Waals surface area contributed by atoms with Crippen molar-refractivity contribution in [1.29, 1.82) is 0 Å². The second kappa shape index (κ2) is 8.24. The SMILES string of the molecule is O=C(CSc1ccccc1F)NNC(=O)c1csc(-c2cccs2)n1. The average Bonchev–Trinajstić information content (AvgIpc) is 3.30. The Kier molecular flexibility index (Phi) is 5.79. The fourth-order valence-corrected chi connectivity index (χ4v) is 4.18. The van der Waals surface area contributed by atoms with E-state index in [2.05, 4.69) is 15.8 Å². The Bertz CT molecular complexity index is 880. The van der Waals surface area contributed by atoms with Crippen molar-refractivity contribution in [1.82, 2.24) is 15.8 Å². The normalized spacial score (nSPS) is 10.4. The second-order valence-corrected chi connectivity index (χ2v) is 7.56. The first-order valence-corrected chi connectivity index (χ1v) is 9.84. The fourth-order valence-electron chi connectivity index (χ4n) is 1.82. The summed E-state index contributed by atoms with van der Waals surface area (Å²) in [6, 6.07) is 10.0. The van der Waals surface area contributed by atoms with Crippen molar-refractivity contribution in [2.24, 2.45) is 0 Å². The molecule has 0 unspecified atom stereocenters. The summed E-state index contributed by atoms with van der Waals surface area (Å²) in [5.74, 6) is -1.33. The molecule has 0 spiro atoms. The van der Waals surface area contributed by atoms with E-state index in [0.717, 1.165) is 21.6 Å². The van der Waals surface area contributed by atoms with E-state index in [4.69, 9.17) is 0 Å². The van der Waals surface area contributed by atoms with Crippen molar-refractivity contribution in [3.8, 4) is 9.88 Å². The number of rotatable bonds is 5. The van der Waals surface area contributed by atoms with Crippen LogP contribution in [0.4, 0.5) is 4.39 Å². The Morgan fingerprint density at radius 2 is 1.96 bits per heavy atom. The van der Waals surface area contributed by atoms with Gasteiger partial charge in [-0.2, -0.15) is 0 Å². The smallest absolute Gasteiger partial charge is 0.272 e. The van der Waals surface area contributed by atoms with E-state index in [-0.39, 0.29) is 17.3 Å². The predicted octanol–water partition coefficient (Wildman–Crippen LogP) is 3.56. The standard InChI is InChI=1S/C16H12FN3O2S3/c17-10-4-1-2-5-12(10)24-9-14(21)19-20-15(22)11-8-25-16(18-11)13-6-3-7-23-13/h1-8H,9H2,(H,19,21)(H,20,22). The molecule has 128 valence electrons. The van der Waals surface area contributed by atoms with Gasteiger partial charge in [0.2, 0.25) is 5.91 Å². The lowest BCUT2D eigenvalue weighted by atomic mass is 10.3. The molecule has 0 aliphatic heterocycles. The van der Waals surface area contributed by atoms with Gasteiger partial charge in [0.25, 0.3) is 5.91 Å². The maximum Gasteiger partial charge on any atom is 0.289 e. The summed E-state index contributed by atoms with van der Waals surface area (Å²) in [6.07, 6.45) is 0. The van der Waals surface area contributed by atoms with Gasteiger partial charge in [-0.15, -0.1) is 34.4 Å². The first-order chi connectivity index (χ1) is 12.1. The third-order valence-corrected chi connectivity index (χ3v) is 5.91. The van der Waals surface area contributed by atoms with Crippen molar-refractivity contribution in [3.05, 3.63) is 58.7 Å². The van der Waals surface area contributed by atoms with Crippen molar-refractivity contribution in [3.63, 3.8) is 0 Å². The van der Waals surface area contributed by atoms with E-state index in [9.17, 15) is 14.0 Å². The van der Waals surface area contributed by atoms with Gasteiger partial charge in [-0.25, -0.2) is 9.37 Å². The lowest BCUT2D eigenvalue weighted by molar-refractivity contribution is -0.119. The minimum atomic E-state index is -0.497. The van der Waals surface area contributed by atoms with Crippen LogP contribution in [0.25, 0.3) is 9.88 Å². The van der Waals surface area contributed by atoms with Crippen LogP contribution in [0.1, 0.15) is 10.5 Å². The van der Waals surface area contributed by atoms with Crippen molar-refractivity contribution in [2.75, 3.05) is 5.75 Å². The van der Waals surface area contributed by atoms with Crippen LogP contribution in [0.5, 0.6) is 0 Å². The molecule has 0 bridgehead atoms. The molecule has 5 nitrogen and oxygen atoms in total. The molecule has 1 aromatic carbocycles. The zero-order chi connectivity index (χ0) is 17.6. The molecule has 0 saturated heterocycles. The van der Waals surface area contributed by atoms with Gasteiger partial charge in [0.15, 0.2) is 0 Å². The number of hydrazine groups is 1. The van der Waals surface area contributed by atoms with Crippen LogP contribution in [0.15, 0.2) is 52.1 Å². The summed E-state index contributed by atoms with van der Waals surface area (Å²) in [6.45, 7) is 0. The Labute approximate surface area is 155 Å². The van der Waals surface area contributed by atoms with Gasteiger partial charge in [0.05, 0.1) is 10.6 Å². The van der Waals surface area contributed by atoms with Gasteiger partial charge in [0.1, 0.15) is 16.5 Å². The van der Waals surface area contributed by atoms with Crippen LogP contribution in [0, 0.1) is 5.82 Å². The number of aromatic nitrogens is 1. The van der Waals surface area contributed by atoms with E-state index in [1.165, 1.54) is 28.7 Å². The maximum absolute atomic E-state index is 13.5. The summed E-state index contributed by atoms with van der Waals surface area (Å²) >= 11 is 3.95. The number of nitrogens with zero attached hydrogens (tertiary/aromatic N) is 1. The lowest BCUT2D eigenvalue weighted by Crippen LogP contribution is -2.42. The zero-order valence-corrected chi connectivity index (χ0v) is 15.1. The van der Waals surface area contributed by atoms with Gasteiger partial charge in [0, 0.05) is 10.3 Å². The van der Waals surface area contributed by atoms with Gasteiger partial charge in [-0.3, -0.25) is 20.4 Å². The molecular weight excluding hydrogens is 381 g/mol. The summed E-state index contributed by atoms with van der Waals surface area (Å²) in [5.41, 5.74) is 4.84. The molecule has 2 aromatic heterocycles. The van der Waals surface area contributed by atoms with Crippen molar-refractivity contribution < 1.29 is 14.0 Å². The number of benzene rings is 1. The summed E-state index contributed by atoms with van der Waals surface area (Å²) in [7, 11) is 0. The maximum atomic E-state index is 13.5. The number of thiophene rings is 1. The van der Waals surface area contributed by atoms with Crippen LogP contribution in [0.2, 0.25) is 0 Å². The van der Waals surface area contributed by atoms with Crippen LogP contribution >= 0.6 is 34.4 Å². The van der Waals surface area contributed by atoms with E-state index in [1.54, 1.807) is 23.6 Å². The lowest BCUT2D eigenvalue weighted by Gasteiger charge is -2.06. The third-order valence-electron chi connectivity index (χ3n) is 2.98. The third kappa shape index (κ3) is 4.65. The van der Waals surface area contributed by atoms with E-state index in [0.29, 0.717) is 4.90 Å². The summed E-state index contributed by atoms with van der Waals surface area (Å²) < 4.78 is 13.5. The van der Waals surface area contributed by atoms with E-state index < -0.39 is 11.8 Å². The topological polar surface area (TPSA) is 71.1 Å². The Balaban J connectivity index is 1.49. The highest BCUT2D eigenvalue weighted by atomic mass is 32.2. The highest BCUT2D eigenvalue weighted by Crippen LogP contribution is 2.27. The molecule has 0 aliphatic carbocycles. The molecule has 0 radical (unpaired) electrons. The molecule has 2 amide bonds. The minimum Gasteiger partial charge on any atom is -0.272 e. The monoisotopic (exact) mass is 393 g/mol. The van der Waals surface area contributed by atoms with Crippen LogP contribution < -0.4 is 10.9 Å². The molecule has 0 atom stereocenters. The highest BCUT2D eigenvalue weighted by Gasteiger charge is 2.13. The van der Waals surface area contributed by atoms with Gasteiger partial charge in [-0.05, 0) is 23.6 Å². The largest absolute Gasteiger partial charge is 0.289 e. The van der Waals surface area contributed by atoms with E-state index in [1.807, 2.05) is 17.5 Å². The Hall–Kier alpha value is -2.23. The van der Waals surface area contributed by atoms with Gasteiger partial charge < -0.3 is 0 Å². The molecule has 0 aliphatic rings. The molecule has 3 aromatic rings.